The van der Waals surface area contributed by atoms with Crippen LogP contribution in [0.25, 0.3) is 15.9 Å². The summed E-state index contributed by atoms with van der Waals surface area (Å²) in [6.07, 6.45) is 3.63. The molecule has 0 atom stereocenters. The monoisotopic (exact) mass is 507 g/mol. The summed E-state index contributed by atoms with van der Waals surface area (Å²) < 4.78 is 2.48. The van der Waals surface area contributed by atoms with Crippen LogP contribution in [-0.2, 0) is 24.2 Å². The molecule has 4 aromatic rings. The molecule has 0 bridgehead atoms. The summed E-state index contributed by atoms with van der Waals surface area (Å²) in [6, 6.07) is 13.1. The molecule has 1 aliphatic rings. The molecule has 1 aliphatic carbocycles. The molecule has 2 aromatic heterocycles. The number of hydrogen-bond acceptors (Lipinski definition) is 5. The third-order valence-electron chi connectivity index (χ3n) is 6.18. The Bertz CT molecular complexity index is 1600. The smallest absolute Gasteiger partial charge is 0.325 e. The summed E-state index contributed by atoms with van der Waals surface area (Å²) in [6.45, 7) is 1.21. The van der Waals surface area contributed by atoms with Crippen molar-refractivity contribution in [2.45, 2.75) is 39.2 Å². The number of thiophene rings is 1. The van der Waals surface area contributed by atoms with Gasteiger partial charge in [-0.2, -0.15) is 0 Å². The number of carbonyl (C=O) groups is 2. The molecule has 0 spiro atoms. The van der Waals surface area contributed by atoms with Crippen LogP contribution in [-0.4, -0.2) is 20.8 Å². The number of carbonyl (C=O) groups excluding carboxylic acids is 2. The molecule has 2 aromatic carbocycles. The summed E-state index contributed by atoms with van der Waals surface area (Å²) in [5, 5.41) is 3.68. The van der Waals surface area contributed by atoms with Gasteiger partial charge in [0.05, 0.1) is 11.1 Å². The van der Waals surface area contributed by atoms with Crippen LogP contribution in [0, 0.1) is 0 Å². The van der Waals surface area contributed by atoms with Crippen molar-refractivity contribution < 1.29 is 9.59 Å². The Kier molecular flexibility index (Phi) is 6.17. The average Bonchev–Trinajstić information content (AvgIpc) is 3.22. The number of amides is 1. The van der Waals surface area contributed by atoms with E-state index in [9.17, 15) is 19.2 Å². The van der Waals surface area contributed by atoms with Gasteiger partial charge in [-0.25, -0.2) is 9.36 Å². The van der Waals surface area contributed by atoms with Gasteiger partial charge in [-0.05, 0) is 80.6 Å². The minimum absolute atomic E-state index is 0.0678. The Morgan fingerprint density at radius 2 is 1.80 bits per heavy atom. The largest absolute Gasteiger partial charge is 0.337 e. The highest BCUT2D eigenvalue weighted by Gasteiger charge is 2.25. The standard InChI is InChI=1S/C26H22ClN3O4S/c1-15(31)16-9-11-18(12-10-16)28-22(32)14-29-25-23(20-7-2-3-8-21(20)35-25)24(33)30(26(29)34)19-6-4-5-17(27)13-19/h4-6,9-13H,2-3,7-8,14H2,1H3,(H,28,32). The number of benzene rings is 2. The number of fused-ring (bicyclic) bond motifs is 3. The molecule has 0 saturated heterocycles. The van der Waals surface area contributed by atoms with Gasteiger partial charge in [0, 0.05) is 21.2 Å². The summed E-state index contributed by atoms with van der Waals surface area (Å²) in [7, 11) is 0. The van der Waals surface area contributed by atoms with Crippen LogP contribution >= 0.6 is 22.9 Å². The molecule has 35 heavy (non-hydrogen) atoms. The van der Waals surface area contributed by atoms with E-state index < -0.39 is 11.6 Å². The Morgan fingerprint density at radius 3 is 2.51 bits per heavy atom. The maximum atomic E-state index is 13.6. The van der Waals surface area contributed by atoms with Crippen molar-refractivity contribution in [1.82, 2.24) is 9.13 Å². The Morgan fingerprint density at radius 1 is 1.06 bits per heavy atom. The molecule has 0 fully saturated rings. The highest BCUT2D eigenvalue weighted by Crippen LogP contribution is 2.34. The molecule has 5 rings (SSSR count). The molecule has 0 unspecified atom stereocenters. The Balaban J connectivity index is 1.62. The lowest BCUT2D eigenvalue weighted by molar-refractivity contribution is -0.116. The topological polar surface area (TPSA) is 90.2 Å². The number of nitrogens with zero attached hydrogens (tertiary/aromatic N) is 2. The number of aromatic nitrogens is 2. The Hall–Kier alpha value is -3.49. The van der Waals surface area contributed by atoms with Crippen LogP contribution in [0.15, 0.2) is 58.1 Å². The molecule has 1 N–H and O–H groups in total. The van der Waals surface area contributed by atoms with Gasteiger partial charge in [0.15, 0.2) is 5.78 Å². The SMILES string of the molecule is CC(=O)c1ccc(NC(=O)Cn2c(=O)n(-c3cccc(Cl)c3)c(=O)c3c4c(sc32)CCCC4)cc1. The van der Waals surface area contributed by atoms with Gasteiger partial charge in [-0.15, -0.1) is 11.3 Å². The lowest BCUT2D eigenvalue weighted by atomic mass is 9.97. The van der Waals surface area contributed by atoms with E-state index in [0.29, 0.717) is 32.2 Å². The van der Waals surface area contributed by atoms with Gasteiger partial charge in [-0.3, -0.25) is 19.0 Å². The molecule has 9 heteroatoms. The highest BCUT2D eigenvalue weighted by atomic mass is 35.5. The van der Waals surface area contributed by atoms with Crippen molar-refractivity contribution in [2.75, 3.05) is 5.32 Å². The summed E-state index contributed by atoms with van der Waals surface area (Å²) >= 11 is 7.57. The minimum Gasteiger partial charge on any atom is -0.325 e. The fourth-order valence-corrected chi connectivity index (χ4v) is 6.04. The van der Waals surface area contributed by atoms with E-state index in [2.05, 4.69) is 5.32 Å². The highest BCUT2D eigenvalue weighted by molar-refractivity contribution is 7.18. The molecule has 1 amide bonds. The van der Waals surface area contributed by atoms with Crippen LogP contribution in [0.4, 0.5) is 5.69 Å². The van der Waals surface area contributed by atoms with Crippen LogP contribution in [0.1, 0.15) is 40.6 Å². The van der Waals surface area contributed by atoms with Gasteiger partial charge in [-0.1, -0.05) is 17.7 Å². The van der Waals surface area contributed by atoms with Crippen LogP contribution in [0.2, 0.25) is 5.02 Å². The van der Waals surface area contributed by atoms with E-state index in [-0.39, 0.29) is 17.9 Å². The number of ketones is 1. The molecule has 0 radical (unpaired) electrons. The number of Topliss-reactive ketones (excluding diaryl/α,β-unsaturated/α-hetero) is 1. The van der Waals surface area contributed by atoms with E-state index in [4.69, 9.17) is 11.6 Å². The fourth-order valence-electron chi connectivity index (χ4n) is 4.48. The number of rotatable bonds is 5. The summed E-state index contributed by atoms with van der Waals surface area (Å²) in [4.78, 5) is 53.3. The molecular formula is C26H22ClN3O4S. The first-order chi connectivity index (χ1) is 16.8. The normalized spacial score (nSPS) is 13.0. The molecule has 178 valence electrons. The molecular weight excluding hydrogens is 486 g/mol. The van der Waals surface area contributed by atoms with E-state index in [1.165, 1.54) is 22.8 Å². The van der Waals surface area contributed by atoms with Gasteiger partial charge < -0.3 is 5.32 Å². The third-order valence-corrected chi connectivity index (χ3v) is 7.73. The number of anilines is 1. The van der Waals surface area contributed by atoms with E-state index in [0.717, 1.165) is 40.7 Å². The molecule has 7 nitrogen and oxygen atoms in total. The van der Waals surface area contributed by atoms with Crippen molar-refractivity contribution in [2.24, 2.45) is 0 Å². The first kappa shape index (κ1) is 23.3. The number of halogens is 1. The zero-order chi connectivity index (χ0) is 24.7. The fraction of sp³-hybridized carbons (Fsp3) is 0.231. The Labute approximate surface area is 209 Å². The van der Waals surface area contributed by atoms with Gasteiger partial charge >= 0.3 is 5.69 Å². The van der Waals surface area contributed by atoms with Crippen LogP contribution in [0.5, 0.6) is 0 Å². The van der Waals surface area contributed by atoms with Crippen LogP contribution < -0.4 is 16.6 Å². The van der Waals surface area contributed by atoms with Gasteiger partial charge in [0.1, 0.15) is 11.4 Å². The van der Waals surface area contributed by atoms with E-state index in [1.807, 2.05) is 0 Å². The maximum absolute atomic E-state index is 13.6. The lowest BCUT2D eigenvalue weighted by Gasteiger charge is -2.14. The van der Waals surface area contributed by atoms with Crippen molar-refractivity contribution in [3.8, 4) is 5.69 Å². The van der Waals surface area contributed by atoms with Crippen molar-refractivity contribution in [3.63, 3.8) is 0 Å². The predicted molar refractivity (Wildman–Crippen MR) is 138 cm³/mol. The first-order valence-electron chi connectivity index (χ1n) is 11.3. The quantitative estimate of drug-likeness (QED) is 0.400. The van der Waals surface area contributed by atoms with E-state index in [1.54, 1.807) is 48.5 Å². The zero-order valence-electron chi connectivity index (χ0n) is 19.0. The number of aryl methyl sites for hydroxylation is 2. The summed E-state index contributed by atoms with van der Waals surface area (Å²) in [5.74, 6) is -0.478. The number of hydrogen-bond donors (Lipinski definition) is 1. The van der Waals surface area contributed by atoms with Crippen molar-refractivity contribution in [3.05, 3.63) is 90.4 Å². The van der Waals surface area contributed by atoms with Crippen LogP contribution in [0.3, 0.4) is 0 Å². The molecule has 0 aliphatic heterocycles. The maximum Gasteiger partial charge on any atom is 0.337 e. The molecule has 2 heterocycles. The first-order valence-corrected chi connectivity index (χ1v) is 12.5. The number of nitrogens with one attached hydrogen (secondary N) is 1. The average molecular weight is 508 g/mol. The third kappa shape index (κ3) is 4.35. The van der Waals surface area contributed by atoms with Gasteiger partial charge in [0.25, 0.3) is 5.56 Å². The van der Waals surface area contributed by atoms with Crippen molar-refractivity contribution >= 4 is 50.5 Å². The second-order valence-electron chi connectivity index (χ2n) is 8.56. The second-order valence-corrected chi connectivity index (χ2v) is 10.1. The zero-order valence-corrected chi connectivity index (χ0v) is 20.5. The van der Waals surface area contributed by atoms with E-state index >= 15 is 0 Å². The predicted octanol–water partition coefficient (Wildman–Crippen LogP) is 4.59. The lowest BCUT2D eigenvalue weighted by Crippen LogP contribution is -2.40. The van der Waals surface area contributed by atoms with Crippen molar-refractivity contribution in [1.29, 1.82) is 0 Å². The summed E-state index contributed by atoms with van der Waals surface area (Å²) in [5.41, 5.74) is 1.41. The van der Waals surface area contributed by atoms with Gasteiger partial charge in [0.2, 0.25) is 5.91 Å². The molecule has 0 saturated carbocycles. The minimum atomic E-state index is -0.592. The second kappa shape index (κ2) is 9.28.